The molecule has 2 aliphatic heterocycles. The van der Waals surface area contributed by atoms with Crippen LogP contribution in [-0.4, -0.2) is 55.5 Å². The molecule has 34 heavy (non-hydrogen) atoms. The molecule has 2 aliphatic rings. The summed E-state index contributed by atoms with van der Waals surface area (Å²) in [6, 6.07) is 12.0. The molecule has 0 radical (unpaired) electrons. The summed E-state index contributed by atoms with van der Waals surface area (Å²) >= 11 is 1.53. The normalized spacial score (nSPS) is 16.6. The van der Waals surface area contributed by atoms with Gasteiger partial charge in [0.1, 0.15) is 0 Å². The molecule has 0 bridgehead atoms. The average Bonchev–Trinajstić information content (AvgIpc) is 2.81. The predicted molar refractivity (Wildman–Crippen MR) is 133 cm³/mol. The van der Waals surface area contributed by atoms with Crippen LogP contribution in [0.2, 0.25) is 0 Å². The van der Waals surface area contributed by atoms with Gasteiger partial charge in [-0.25, -0.2) is 0 Å². The minimum absolute atomic E-state index is 0. The molecule has 0 unspecified atom stereocenters. The maximum atomic E-state index is 13.4. The number of anilines is 2. The number of alkyl halides is 3. The van der Waals surface area contributed by atoms with E-state index in [9.17, 15) is 13.2 Å². The number of fused-ring (bicyclic) bond motifs is 2. The first-order chi connectivity index (χ1) is 16.0. The van der Waals surface area contributed by atoms with E-state index in [4.69, 9.17) is 9.84 Å². The van der Waals surface area contributed by atoms with E-state index >= 15 is 0 Å². The number of para-hydroxylation sites is 1. The lowest BCUT2D eigenvalue weighted by atomic mass is 10.1. The number of likely N-dealkylation sites (tertiary alicyclic amines) is 1. The molecule has 2 heterocycles. The van der Waals surface area contributed by atoms with E-state index in [1.165, 1.54) is 23.9 Å². The molecule has 0 saturated carbocycles. The fourth-order valence-electron chi connectivity index (χ4n) is 4.46. The smallest absolute Gasteiger partial charge is 0.396 e. The quantitative estimate of drug-likeness (QED) is 0.392. The minimum atomic E-state index is -4.35. The fraction of sp³-hybridized carbons (Fsp3) is 0.520. The van der Waals surface area contributed by atoms with Crippen molar-refractivity contribution in [3.05, 3.63) is 48.0 Å². The molecule has 0 atom stereocenters. The standard InChI is InChI=1S/C25H31F3N2O2S.ClH/c26-25(27,28)19-8-9-24-22(18-19)30(21-6-1-2-7-23(21)33-24)13-5-12-29-14-10-20(11-15-29)32-17-4-3-16-31;/h1-2,6-9,18,20,31H,3-5,10-17H2;1H. The molecule has 0 amide bonds. The van der Waals surface area contributed by atoms with E-state index < -0.39 is 11.7 Å². The van der Waals surface area contributed by atoms with Crippen LogP contribution >= 0.6 is 24.2 Å². The molecule has 1 saturated heterocycles. The summed E-state index contributed by atoms with van der Waals surface area (Å²) in [5, 5.41) is 8.86. The number of ether oxygens (including phenoxy) is 1. The summed E-state index contributed by atoms with van der Waals surface area (Å²) in [5.41, 5.74) is 1.01. The number of benzene rings is 2. The lowest BCUT2D eigenvalue weighted by molar-refractivity contribution is -0.137. The van der Waals surface area contributed by atoms with Crippen molar-refractivity contribution in [1.82, 2.24) is 4.90 Å². The third-order valence-corrected chi connectivity index (χ3v) is 7.38. The van der Waals surface area contributed by atoms with E-state index in [1.807, 2.05) is 29.2 Å². The molecule has 2 aromatic rings. The number of unbranched alkanes of at least 4 members (excludes halogenated alkanes) is 1. The maximum Gasteiger partial charge on any atom is 0.416 e. The van der Waals surface area contributed by atoms with Gasteiger partial charge in [0.05, 0.1) is 23.0 Å². The van der Waals surface area contributed by atoms with Crippen molar-refractivity contribution in [2.75, 3.05) is 44.3 Å². The van der Waals surface area contributed by atoms with Crippen LogP contribution in [0.15, 0.2) is 52.3 Å². The van der Waals surface area contributed by atoms with Gasteiger partial charge in [-0.1, -0.05) is 23.9 Å². The van der Waals surface area contributed by atoms with Crippen LogP contribution in [0.1, 0.15) is 37.7 Å². The van der Waals surface area contributed by atoms with Crippen LogP contribution in [-0.2, 0) is 10.9 Å². The van der Waals surface area contributed by atoms with Gasteiger partial charge in [0.2, 0.25) is 0 Å². The number of hydrogen-bond donors (Lipinski definition) is 1. The monoisotopic (exact) mass is 516 g/mol. The number of halogens is 4. The van der Waals surface area contributed by atoms with Crippen molar-refractivity contribution in [2.24, 2.45) is 0 Å². The summed E-state index contributed by atoms with van der Waals surface area (Å²) < 4.78 is 46.0. The van der Waals surface area contributed by atoms with Crippen LogP contribution < -0.4 is 4.90 Å². The first kappa shape index (κ1) is 27.1. The van der Waals surface area contributed by atoms with Crippen LogP contribution in [0.5, 0.6) is 0 Å². The van der Waals surface area contributed by atoms with Gasteiger partial charge in [-0.3, -0.25) is 0 Å². The fourth-order valence-corrected chi connectivity index (χ4v) is 5.54. The molecular weight excluding hydrogens is 485 g/mol. The zero-order valence-corrected chi connectivity index (χ0v) is 20.7. The summed E-state index contributed by atoms with van der Waals surface area (Å²) in [6.07, 6.45) is 0.483. The Morgan fingerprint density at radius 1 is 0.941 bits per heavy atom. The number of piperidine rings is 1. The predicted octanol–water partition coefficient (Wildman–Crippen LogP) is 6.37. The van der Waals surface area contributed by atoms with Gasteiger partial charge in [-0.05, 0) is 69.0 Å². The highest BCUT2D eigenvalue weighted by Crippen LogP contribution is 2.49. The van der Waals surface area contributed by atoms with Crippen molar-refractivity contribution in [3.8, 4) is 0 Å². The van der Waals surface area contributed by atoms with E-state index in [1.54, 1.807) is 6.07 Å². The second kappa shape index (κ2) is 12.5. The van der Waals surface area contributed by atoms with Gasteiger partial charge in [0, 0.05) is 42.6 Å². The number of hydrogen-bond acceptors (Lipinski definition) is 5. The molecular formula is C25H32ClF3N2O2S. The Labute approximate surface area is 209 Å². The average molecular weight is 517 g/mol. The molecule has 4 rings (SSSR count). The van der Waals surface area contributed by atoms with E-state index in [-0.39, 0.29) is 19.0 Å². The molecule has 4 nitrogen and oxygen atoms in total. The van der Waals surface area contributed by atoms with Gasteiger partial charge in [0.25, 0.3) is 0 Å². The Morgan fingerprint density at radius 2 is 1.68 bits per heavy atom. The summed E-state index contributed by atoms with van der Waals surface area (Å²) in [5.74, 6) is 0. The molecule has 1 N–H and O–H groups in total. The van der Waals surface area contributed by atoms with Crippen LogP contribution in [0.3, 0.4) is 0 Å². The lowest BCUT2D eigenvalue weighted by Crippen LogP contribution is -2.38. The maximum absolute atomic E-state index is 13.4. The molecule has 9 heteroatoms. The Hall–Kier alpha value is -1.45. The largest absolute Gasteiger partial charge is 0.416 e. The van der Waals surface area contributed by atoms with Gasteiger partial charge in [0.15, 0.2) is 0 Å². The highest BCUT2D eigenvalue weighted by molar-refractivity contribution is 7.99. The Bertz CT molecular complexity index is 923. The van der Waals surface area contributed by atoms with Crippen LogP contribution in [0.4, 0.5) is 24.5 Å². The molecule has 0 aliphatic carbocycles. The summed E-state index contributed by atoms with van der Waals surface area (Å²) in [4.78, 5) is 6.41. The Morgan fingerprint density at radius 3 is 2.41 bits per heavy atom. The number of aliphatic hydroxyl groups is 1. The highest BCUT2D eigenvalue weighted by atomic mass is 35.5. The Balaban J connectivity index is 0.00000324. The van der Waals surface area contributed by atoms with Gasteiger partial charge in [-0.2, -0.15) is 13.2 Å². The zero-order chi connectivity index (χ0) is 23.3. The number of rotatable bonds is 9. The molecule has 2 aromatic carbocycles. The first-order valence-corrected chi connectivity index (χ1v) is 12.5. The molecule has 188 valence electrons. The summed E-state index contributed by atoms with van der Waals surface area (Å²) in [7, 11) is 0. The molecule has 0 spiro atoms. The Kier molecular flexibility index (Phi) is 9.97. The third-order valence-electron chi connectivity index (χ3n) is 6.25. The second-order valence-electron chi connectivity index (χ2n) is 8.60. The number of nitrogens with zero attached hydrogens (tertiary/aromatic N) is 2. The van der Waals surface area contributed by atoms with E-state index in [0.717, 1.165) is 67.2 Å². The first-order valence-electron chi connectivity index (χ1n) is 11.7. The lowest BCUT2D eigenvalue weighted by Gasteiger charge is -2.35. The van der Waals surface area contributed by atoms with Crippen LogP contribution in [0, 0.1) is 0 Å². The van der Waals surface area contributed by atoms with E-state index in [2.05, 4.69) is 4.90 Å². The second-order valence-corrected chi connectivity index (χ2v) is 9.68. The topological polar surface area (TPSA) is 35.9 Å². The zero-order valence-electron chi connectivity index (χ0n) is 19.1. The number of aliphatic hydroxyl groups excluding tert-OH is 1. The summed E-state index contributed by atoms with van der Waals surface area (Å²) in [6.45, 7) is 4.46. The van der Waals surface area contributed by atoms with Crippen molar-refractivity contribution in [1.29, 1.82) is 0 Å². The van der Waals surface area contributed by atoms with Crippen molar-refractivity contribution in [2.45, 2.75) is 54.2 Å². The van der Waals surface area contributed by atoms with Gasteiger partial charge < -0.3 is 19.6 Å². The van der Waals surface area contributed by atoms with Gasteiger partial charge in [-0.15, -0.1) is 12.4 Å². The van der Waals surface area contributed by atoms with Gasteiger partial charge >= 0.3 is 6.18 Å². The highest BCUT2D eigenvalue weighted by Gasteiger charge is 2.33. The SMILES string of the molecule is Cl.OCCCCOC1CCN(CCCN2c3ccccc3Sc3ccc(C(F)(F)F)cc32)CC1. The third kappa shape index (κ3) is 6.82. The molecule has 1 fully saturated rings. The van der Waals surface area contributed by atoms with Crippen LogP contribution in [0.25, 0.3) is 0 Å². The van der Waals surface area contributed by atoms with Crippen molar-refractivity contribution >= 4 is 35.5 Å². The van der Waals surface area contributed by atoms with Crippen molar-refractivity contribution < 1.29 is 23.0 Å². The van der Waals surface area contributed by atoms with Crippen molar-refractivity contribution in [3.63, 3.8) is 0 Å². The minimum Gasteiger partial charge on any atom is -0.396 e. The molecule has 0 aromatic heterocycles. The van der Waals surface area contributed by atoms with E-state index in [0.29, 0.717) is 24.9 Å².